The lowest BCUT2D eigenvalue weighted by Gasteiger charge is -2.08. The summed E-state index contributed by atoms with van der Waals surface area (Å²) in [7, 11) is -3.36. The van der Waals surface area contributed by atoms with Gasteiger partial charge in [0.2, 0.25) is 10.0 Å². The standard InChI is InChI=1S/C6H11NO2S/c7-10(8,9)6-4-2-1-3-5-6/h4H,1-3,5H2,(H2,7,8,9). The van der Waals surface area contributed by atoms with Crippen molar-refractivity contribution in [3.63, 3.8) is 0 Å². The van der Waals surface area contributed by atoms with Crippen LogP contribution in [0.1, 0.15) is 25.7 Å². The topological polar surface area (TPSA) is 60.2 Å². The lowest BCUT2D eigenvalue weighted by molar-refractivity contribution is 0.597. The molecule has 0 unspecified atom stereocenters. The zero-order valence-corrected chi connectivity index (χ0v) is 6.52. The minimum atomic E-state index is -3.36. The first-order chi connectivity index (χ1) is 4.61. The molecule has 0 atom stereocenters. The second kappa shape index (κ2) is 2.72. The molecule has 2 N–H and O–H groups in total. The van der Waals surface area contributed by atoms with E-state index in [0.717, 1.165) is 19.3 Å². The minimum absolute atomic E-state index is 0.416. The number of nitrogens with two attached hydrogens (primary N) is 1. The first-order valence-electron chi connectivity index (χ1n) is 3.32. The largest absolute Gasteiger partial charge is 0.233 e. The highest BCUT2D eigenvalue weighted by Gasteiger charge is 2.13. The normalized spacial score (nSPS) is 20.3. The van der Waals surface area contributed by atoms with E-state index in [1.54, 1.807) is 6.08 Å². The molecule has 0 aliphatic heterocycles. The lowest BCUT2D eigenvalue weighted by atomic mass is 10.1. The van der Waals surface area contributed by atoms with Gasteiger partial charge in [-0.05, 0) is 25.7 Å². The van der Waals surface area contributed by atoms with Crippen LogP contribution in [-0.4, -0.2) is 8.42 Å². The van der Waals surface area contributed by atoms with Crippen LogP contribution in [-0.2, 0) is 10.0 Å². The third kappa shape index (κ3) is 1.82. The van der Waals surface area contributed by atoms with Gasteiger partial charge < -0.3 is 0 Å². The molecule has 58 valence electrons. The molecule has 0 saturated heterocycles. The SMILES string of the molecule is NS(=O)(=O)C1=CCCCC1. The van der Waals surface area contributed by atoms with E-state index in [0.29, 0.717) is 11.3 Å². The van der Waals surface area contributed by atoms with Crippen molar-refractivity contribution in [3.05, 3.63) is 11.0 Å². The molecule has 0 bridgehead atoms. The molecule has 0 saturated carbocycles. The maximum absolute atomic E-state index is 10.7. The van der Waals surface area contributed by atoms with Crippen molar-refractivity contribution in [1.29, 1.82) is 0 Å². The number of allylic oxidation sites excluding steroid dienone is 2. The summed E-state index contributed by atoms with van der Waals surface area (Å²) in [4.78, 5) is 0.416. The molecule has 0 aromatic heterocycles. The van der Waals surface area contributed by atoms with Crippen molar-refractivity contribution in [3.8, 4) is 0 Å². The Hall–Kier alpha value is -0.350. The maximum atomic E-state index is 10.7. The van der Waals surface area contributed by atoms with Gasteiger partial charge in [0.1, 0.15) is 0 Å². The van der Waals surface area contributed by atoms with Crippen molar-refractivity contribution < 1.29 is 8.42 Å². The lowest BCUT2D eigenvalue weighted by Crippen LogP contribution is -2.15. The van der Waals surface area contributed by atoms with E-state index < -0.39 is 10.0 Å². The highest BCUT2D eigenvalue weighted by molar-refractivity contribution is 7.93. The van der Waals surface area contributed by atoms with Gasteiger partial charge in [0.15, 0.2) is 0 Å². The molecule has 0 aromatic carbocycles. The van der Waals surface area contributed by atoms with E-state index in [-0.39, 0.29) is 0 Å². The van der Waals surface area contributed by atoms with Crippen LogP contribution >= 0.6 is 0 Å². The van der Waals surface area contributed by atoms with Gasteiger partial charge in [0.05, 0.1) is 4.91 Å². The van der Waals surface area contributed by atoms with Crippen LogP contribution in [0.4, 0.5) is 0 Å². The Morgan fingerprint density at radius 1 is 1.40 bits per heavy atom. The Kier molecular flexibility index (Phi) is 2.11. The minimum Gasteiger partial charge on any atom is -0.225 e. The molecule has 0 fully saturated rings. The van der Waals surface area contributed by atoms with Gasteiger partial charge in [-0.25, -0.2) is 13.6 Å². The van der Waals surface area contributed by atoms with Gasteiger partial charge in [-0.3, -0.25) is 0 Å². The van der Waals surface area contributed by atoms with E-state index in [2.05, 4.69) is 0 Å². The molecule has 0 spiro atoms. The number of rotatable bonds is 1. The average molecular weight is 161 g/mol. The Morgan fingerprint density at radius 2 is 2.10 bits per heavy atom. The summed E-state index contributed by atoms with van der Waals surface area (Å²) in [6, 6.07) is 0. The number of primary sulfonamides is 1. The fraction of sp³-hybridized carbons (Fsp3) is 0.667. The summed E-state index contributed by atoms with van der Waals surface area (Å²) >= 11 is 0. The van der Waals surface area contributed by atoms with Crippen LogP contribution in [0, 0.1) is 0 Å². The predicted molar refractivity (Wildman–Crippen MR) is 39.7 cm³/mol. The first kappa shape index (κ1) is 7.75. The molecule has 1 rings (SSSR count). The van der Waals surface area contributed by atoms with Crippen LogP contribution in [0.2, 0.25) is 0 Å². The smallest absolute Gasteiger partial charge is 0.225 e. The molecule has 10 heavy (non-hydrogen) atoms. The Morgan fingerprint density at radius 3 is 2.40 bits per heavy atom. The van der Waals surface area contributed by atoms with Crippen molar-refractivity contribution in [2.45, 2.75) is 25.7 Å². The molecular weight excluding hydrogens is 150 g/mol. The molecular formula is C6H11NO2S. The number of sulfonamides is 1. The zero-order valence-electron chi connectivity index (χ0n) is 5.71. The van der Waals surface area contributed by atoms with Crippen LogP contribution in [0.25, 0.3) is 0 Å². The summed E-state index contributed by atoms with van der Waals surface area (Å²) in [5, 5.41) is 4.91. The highest BCUT2D eigenvalue weighted by Crippen LogP contribution is 2.19. The van der Waals surface area contributed by atoms with E-state index in [1.807, 2.05) is 0 Å². The van der Waals surface area contributed by atoms with E-state index in [1.165, 1.54) is 0 Å². The summed E-state index contributed by atoms with van der Waals surface area (Å²) < 4.78 is 21.4. The van der Waals surface area contributed by atoms with E-state index in [4.69, 9.17) is 5.14 Å². The van der Waals surface area contributed by atoms with Gasteiger partial charge in [-0.15, -0.1) is 0 Å². The fourth-order valence-corrected chi connectivity index (χ4v) is 1.85. The quantitative estimate of drug-likeness (QED) is 0.616. The van der Waals surface area contributed by atoms with Gasteiger partial charge in [0, 0.05) is 0 Å². The van der Waals surface area contributed by atoms with Crippen LogP contribution in [0.15, 0.2) is 11.0 Å². The number of hydrogen-bond donors (Lipinski definition) is 1. The van der Waals surface area contributed by atoms with Crippen LogP contribution in [0.3, 0.4) is 0 Å². The molecule has 1 aliphatic rings. The molecule has 1 aliphatic carbocycles. The van der Waals surface area contributed by atoms with Gasteiger partial charge >= 0.3 is 0 Å². The van der Waals surface area contributed by atoms with Crippen LogP contribution in [0.5, 0.6) is 0 Å². The third-order valence-electron chi connectivity index (χ3n) is 1.61. The maximum Gasteiger partial charge on any atom is 0.233 e. The Bertz CT molecular complexity index is 240. The molecule has 0 radical (unpaired) electrons. The zero-order chi connectivity index (χ0) is 7.61. The second-order valence-electron chi connectivity index (χ2n) is 2.46. The highest BCUT2D eigenvalue weighted by atomic mass is 32.2. The Labute approximate surface area is 61.0 Å². The number of hydrogen-bond acceptors (Lipinski definition) is 2. The summed E-state index contributed by atoms with van der Waals surface area (Å²) in [6.45, 7) is 0. The van der Waals surface area contributed by atoms with Gasteiger partial charge in [-0.1, -0.05) is 6.08 Å². The first-order valence-corrected chi connectivity index (χ1v) is 4.87. The van der Waals surface area contributed by atoms with E-state index >= 15 is 0 Å². The third-order valence-corrected chi connectivity index (χ3v) is 2.72. The fourth-order valence-electron chi connectivity index (χ4n) is 1.07. The monoisotopic (exact) mass is 161 g/mol. The van der Waals surface area contributed by atoms with Crippen molar-refractivity contribution >= 4 is 10.0 Å². The molecule has 0 amide bonds. The summed E-state index contributed by atoms with van der Waals surface area (Å²) in [5.74, 6) is 0. The van der Waals surface area contributed by atoms with Crippen molar-refractivity contribution in [2.24, 2.45) is 5.14 Å². The summed E-state index contributed by atoms with van der Waals surface area (Å²) in [6.07, 6.45) is 5.23. The van der Waals surface area contributed by atoms with E-state index in [9.17, 15) is 8.42 Å². The second-order valence-corrected chi connectivity index (χ2v) is 4.08. The predicted octanol–water partition coefficient (Wildman–Crippen LogP) is 0.733. The average Bonchev–Trinajstić information content (AvgIpc) is 1.88. The molecule has 0 aromatic rings. The molecule has 3 nitrogen and oxygen atoms in total. The Balaban J connectivity index is 2.82. The van der Waals surface area contributed by atoms with Crippen molar-refractivity contribution in [2.75, 3.05) is 0 Å². The van der Waals surface area contributed by atoms with Crippen LogP contribution < -0.4 is 5.14 Å². The van der Waals surface area contributed by atoms with Crippen molar-refractivity contribution in [1.82, 2.24) is 0 Å². The molecule has 4 heteroatoms. The molecule has 0 heterocycles. The van der Waals surface area contributed by atoms with Gasteiger partial charge in [0.25, 0.3) is 0 Å². The summed E-state index contributed by atoms with van der Waals surface area (Å²) in [5.41, 5.74) is 0. The van der Waals surface area contributed by atoms with Gasteiger partial charge in [-0.2, -0.15) is 0 Å².